The van der Waals surface area contributed by atoms with Gasteiger partial charge in [-0.15, -0.1) is 0 Å². The molecule has 0 aliphatic rings. The van der Waals surface area contributed by atoms with Crippen LogP contribution in [0.1, 0.15) is 22.8 Å². The van der Waals surface area contributed by atoms with Gasteiger partial charge in [0, 0.05) is 10.6 Å². The number of benzene rings is 3. The van der Waals surface area contributed by atoms with Crippen molar-refractivity contribution in [3.05, 3.63) is 93.9 Å². The zero-order valence-electron chi connectivity index (χ0n) is 19.1. The summed E-state index contributed by atoms with van der Waals surface area (Å²) in [6.07, 6.45) is 3.02. The molecule has 0 unspecified atom stereocenters. The third-order valence-corrected chi connectivity index (χ3v) is 6.62. The van der Waals surface area contributed by atoms with E-state index in [1.807, 2.05) is 6.92 Å². The van der Waals surface area contributed by atoms with E-state index in [2.05, 4.69) is 33.0 Å². The van der Waals surface area contributed by atoms with Crippen LogP contribution in [-0.4, -0.2) is 33.8 Å². The van der Waals surface area contributed by atoms with Crippen LogP contribution in [0.25, 0.3) is 0 Å². The van der Waals surface area contributed by atoms with E-state index in [-0.39, 0.29) is 10.6 Å². The fraction of sp³-hybridized carbons (Fsp3) is 0.120. The van der Waals surface area contributed by atoms with Gasteiger partial charge in [0.15, 0.2) is 17.2 Å². The Morgan fingerprint density at radius 3 is 2.44 bits per heavy atom. The van der Waals surface area contributed by atoms with Crippen LogP contribution in [-0.2, 0) is 10.1 Å². The predicted molar refractivity (Wildman–Crippen MR) is 142 cm³/mol. The SMILES string of the molecule is C=CCOc1ccc(C(=O)N/N=C/c2ccc(OS(=O)(=O)c3ccc(Cl)cc3)c(Br)c2)cc1OCC. The molecule has 36 heavy (non-hydrogen) atoms. The molecule has 0 spiro atoms. The van der Waals surface area contributed by atoms with Gasteiger partial charge in [-0.05, 0) is 89.1 Å². The van der Waals surface area contributed by atoms with E-state index in [9.17, 15) is 13.2 Å². The van der Waals surface area contributed by atoms with E-state index >= 15 is 0 Å². The summed E-state index contributed by atoms with van der Waals surface area (Å²) in [5.74, 6) is 0.579. The van der Waals surface area contributed by atoms with Gasteiger partial charge in [-0.3, -0.25) is 4.79 Å². The van der Waals surface area contributed by atoms with Gasteiger partial charge in [-0.2, -0.15) is 13.5 Å². The first-order valence-corrected chi connectivity index (χ1v) is 13.1. The zero-order chi connectivity index (χ0) is 26.1. The maximum atomic E-state index is 12.5. The third kappa shape index (κ3) is 7.33. The van der Waals surface area contributed by atoms with Crippen LogP contribution < -0.4 is 19.1 Å². The third-order valence-electron chi connectivity index (χ3n) is 4.50. The van der Waals surface area contributed by atoms with E-state index in [4.69, 9.17) is 25.3 Å². The lowest BCUT2D eigenvalue weighted by Gasteiger charge is -2.12. The molecule has 0 radical (unpaired) electrons. The topological polar surface area (TPSA) is 103 Å². The molecule has 0 saturated carbocycles. The summed E-state index contributed by atoms with van der Waals surface area (Å²) in [6, 6.07) is 15.1. The Bertz CT molecular complexity index is 1380. The first-order chi connectivity index (χ1) is 17.2. The molecule has 0 fully saturated rings. The molecule has 188 valence electrons. The lowest BCUT2D eigenvalue weighted by atomic mass is 10.2. The average molecular weight is 594 g/mol. The van der Waals surface area contributed by atoms with Crippen molar-refractivity contribution in [3.63, 3.8) is 0 Å². The molecule has 1 amide bonds. The number of carbonyl (C=O) groups excluding carboxylic acids is 1. The molecule has 0 bridgehead atoms. The van der Waals surface area contributed by atoms with E-state index < -0.39 is 16.0 Å². The number of rotatable bonds is 11. The van der Waals surface area contributed by atoms with Gasteiger partial charge in [-0.25, -0.2) is 5.43 Å². The molecule has 3 aromatic rings. The summed E-state index contributed by atoms with van der Waals surface area (Å²) in [5, 5.41) is 4.38. The van der Waals surface area contributed by atoms with Gasteiger partial charge in [0.05, 0.1) is 17.3 Å². The molecule has 0 heterocycles. The summed E-state index contributed by atoms with van der Waals surface area (Å²) in [4.78, 5) is 12.5. The molecule has 11 heteroatoms. The molecular weight excluding hydrogens is 572 g/mol. The van der Waals surface area contributed by atoms with E-state index in [1.54, 1.807) is 36.4 Å². The fourth-order valence-corrected chi connectivity index (χ4v) is 4.51. The number of amides is 1. The summed E-state index contributed by atoms with van der Waals surface area (Å²) >= 11 is 9.11. The van der Waals surface area contributed by atoms with Crippen molar-refractivity contribution in [3.8, 4) is 17.2 Å². The maximum Gasteiger partial charge on any atom is 0.339 e. The molecule has 0 aliphatic heterocycles. The predicted octanol–water partition coefficient (Wildman–Crippen LogP) is 5.60. The number of carbonyl (C=O) groups is 1. The number of hydrogen-bond acceptors (Lipinski definition) is 7. The summed E-state index contributed by atoms with van der Waals surface area (Å²) in [6.45, 7) is 6.15. The van der Waals surface area contributed by atoms with Gasteiger partial charge in [0.25, 0.3) is 5.91 Å². The maximum absolute atomic E-state index is 12.5. The number of hydrogen-bond donors (Lipinski definition) is 1. The Hall–Kier alpha value is -3.34. The first kappa shape index (κ1) is 27.3. The standard InChI is InChI=1S/C25H22BrClN2O6S/c1-3-13-34-23-12-6-18(15-24(23)33-4-2)25(30)29-28-16-17-5-11-22(21(26)14-17)35-36(31,32)20-9-7-19(27)8-10-20/h3,5-12,14-16H,1,4,13H2,2H3,(H,29,30)/b28-16+. The Morgan fingerprint density at radius 2 is 1.78 bits per heavy atom. The van der Waals surface area contributed by atoms with Crippen molar-refractivity contribution in [1.29, 1.82) is 0 Å². The second-order valence-corrected chi connectivity index (χ2v) is 9.91. The highest BCUT2D eigenvalue weighted by Gasteiger charge is 2.18. The second kappa shape index (κ2) is 12.6. The lowest BCUT2D eigenvalue weighted by molar-refractivity contribution is 0.0954. The number of hydrazone groups is 1. The van der Waals surface area contributed by atoms with Gasteiger partial charge in [0.1, 0.15) is 11.5 Å². The summed E-state index contributed by atoms with van der Waals surface area (Å²) in [7, 11) is -4.04. The van der Waals surface area contributed by atoms with Crippen LogP contribution in [0, 0.1) is 0 Å². The van der Waals surface area contributed by atoms with Crippen LogP contribution >= 0.6 is 27.5 Å². The normalized spacial score (nSPS) is 11.2. The van der Waals surface area contributed by atoms with Crippen molar-refractivity contribution in [1.82, 2.24) is 5.43 Å². The van der Waals surface area contributed by atoms with Crippen molar-refractivity contribution < 1.29 is 26.9 Å². The highest BCUT2D eigenvalue weighted by atomic mass is 79.9. The van der Waals surface area contributed by atoms with Crippen LogP contribution in [0.15, 0.2) is 87.8 Å². The number of nitrogens with one attached hydrogen (secondary N) is 1. The van der Waals surface area contributed by atoms with Gasteiger partial charge >= 0.3 is 10.1 Å². The second-order valence-electron chi connectivity index (χ2n) is 7.07. The lowest BCUT2D eigenvalue weighted by Crippen LogP contribution is -2.17. The van der Waals surface area contributed by atoms with Crippen LogP contribution in [0.5, 0.6) is 17.2 Å². The average Bonchev–Trinajstić information content (AvgIpc) is 2.85. The van der Waals surface area contributed by atoms with Crippen LogP contribution in [0.3, 0.4) is 0 Å². The largest absolute Gasteiger partial charge is 0.490 e. The number of nitrogens with zero attached hydrogens (tertiary/aromatic N) is 1. The van der Waals surface area contributed by atoms with Gasteiger partial charge in [-0.1, -0.05) is 24.3 Å². The smallest absolute Gasteiger partial charge is 0.339 e. The molecule has 8 nitrogen and oxygen atoms in total. The minimum Gasteiger partial charge on any atom is -0.490 e. The molecule has 3 aromatic carbocycles. The van der Waals surface area contributed by atoms with Crippen molar-refractivity contribution in [2.75, 3.05) is 13.2 Å². The molecule has 0 aromatic heterocycles. The van der Waals surface area contributed by atoms with E-state index in [0.29, 0.717) is 45.3 Å². The Labute approximate surface area is 222 Å². The molecule has 0 atom stereocenters. The van der Waals surface area contributed by atoms with Crippen molar-refractivity contribution in [2.24, 2.45) is 5.10 Å². The number of ether oxygens (including phenoxy) is 2. The Balaban J connectivity index is 1.66. The van der Waals surface area contributed by atoms with Crippen LogP contribution in [0.4, 0.5) is 0 Å². The van der Waals surface area contributed by atoms with Crippen LogP contribution in [0.2, 0.25) is 5.02 Å². The molecule has 0 aliphatic carbocycles. The van der Waals surface area contributed by atoms with Gasteiger partial charge in [0.2, 0.25) is 0 Å². The number of halogens is 2. The van der Waals surface area contributed by atoms with E-state index in [1.165, 1.54) is 36.5 Å². The first-order valence-electron chi connectivity index (χ1n) is 10.6. The molecule has 3 rings (SSSR count). The Kier molecular flexibility index (Phi) is 9.51. The molecular formula is C25H22BrClN2O6S. The molecule has 1 N–H and O–H groups in total. The molecule has 0 saturated heterocycles. The Morgan fingerprint density at radius 1 is 1.06 bits per heavy atom. The highest BCUT2D eigenvalue weighted by molar-refractivity contribution is 9.10. The van der Waals surface area contributed by atoms with Crippen molar-refractivity contribution >= 4 is 49.8 Å². The minimum absolute atomic E-state index is 0.0278. The summed E-state index contributed by atoms with van der Waals surface area (Å²) < 4.78 is 41.7. The fourth-order valence-electron chi connectivity index (χ4n) is 2.85. The van der Waals surface area contributed by atoms with E-state index in [0.717, 1.165) is 0 Å². The minimum atomic E-state index is -4.04. The summed E-state index contributed by atoms with van der Waals surface area (Å²) in [5.41, 5.74) is 3.36. The zero-order valence-corrected chi connectivity index (χ0v) is 22.3. The van der Waals surface area contributed by atoms with Gasteiger partial charge < -0.3 is 13.7 Å². The monoisotopic (exact) mass is 592 g/mol. The highest BCUT2D eigenvalue weighted by Crippen LogP contribution is 2.30. The van der Waals surface area contributed by atoms with Crippen molar-refractivity contribution in [2.45, 2.75) is 11.8 Å². The quantitative estimate of drug-likeness (QED) is 0.134.